The van der Waals surface area contributed by atoms with Crippen LogP contribution in [0.4, 0.5) is 0 Å². The van der Waals surface area contributed by atoms with Crippen molar-refractivity contribution in [2.45, 2.75) is 43.9 Å². The van der Waals surface area contributed by atoms with Crippen molar-refractivity contribution in [3.8, 4) is 0 Å². The summed E-state index contributed by atoms with van der Waals surface area (Å²) in [5.41, 5.74) is 11.1. The van der Waals surface area contributed by atoms with Crippen molar-refractivity contribution >= 4 is 6.08 Å². The van der Waals surface area contributed by atoms with Gasteiger partial charge in [0, 0.05) is 5.41 Å². The van der Waals surface area contributed by atoms with Gasteiger partial charge in [-0.1, -0.05) is 84.4 Å². The molecule has 2 unspecified atom stereocenters. The monoisotopic (exact) mass is 362 g/mol. The molecule has 0 nitrogen and oxygen atoms in total. The van der Waals surface area contributed by atoms with Gasteiger partial charge in [0.15, 0.2) is 0 Å². The fraction of sp³-hybridized carbons (Fsp3) is 0.286. The first kappa shape index (κ1) is 16.4. The van der Waals surface area contributed by atoms with Crippen LogP contribution in [0.15, 0.2) is 78.4 Å². The van der Waals surface area contributed by atoms with E-state index in [-0.39, 0.29) is 5.41 Å². The smallest absolute Gasteiger partial charge is 0.0242 e. The Morgan fingerprint density at radius 3 is 2.29 bits per heavy atom. The average Bonchev–Trinajstić information content (AvgIpc) is 3.28. The summed E-state index contributed by atoms with van der Waals surface area (Å²) in [7, 11) is 0. The zero-order valence-corrected chi connectivity index (χ0v) is 16.3. The summed E-state index contributed by atoms with van der Waals surface area (Å²) >= 11 is 0. The normalized spacial score (nSPS) is 25.0. The molecule has 0 heterocycles. The van der Waals surface area contributed by atoms with Crippen LogP contribution in [0, 0.1) is 5.92 Å². The highest BCUT2D eigenvalue weighted by molar-refractivity contribution is 5.69. The van der Waals surface area contributed by atoms with Gasteiger partial charge in [-0.15, -0.1) is 0 Å². The van der Waals surface area contributed by atoms with Gasteiger partial charge in [-0.3, -0.25) is 0 Å². The minimum absolute atomic E-state index is 0.159. The number of hydrogen-bond donors (Lipinski definition) is 0. The van der Waals surface area contributed by atoms with Crippen LogP contribution in [0.1, 0.15) is 46.2 Å². The van der Waals surface area contributed by atoms with Gasteiger partial charge in [0.25, 0.3) is 0 Å². The lowest BCUT2D eigenvalue weighted by Crippen LogP contribution is -2.38. The SMILES string of the molecule is C1=C(C23Cc4ccccc4CCCC2Cc2ccccc23)Cc2ccccc21. The second-order valence-electron chi connectivity index (χ2n) is 8.91. The zero-order chi connectivity index (χ0) is 18.6. The molecular formula is C28H26. The summed E-state index contributed by atoms with van der Waals surface area (Å²) in [6, 6.07) is 27.5. The van der Waals surface area contributed by atoms with Crippen molar-refractivity contribution in [3.63, 3.8) is 0 Å². The van der Waals surface area contributed by atoms with Gasteiger partial charge in [0.05, 0.1) is 0 Å². The van der Waals surface area contributed by atoms with Gasteiger partial charge in [0.2, 0.25) is 0 Å². The lowest BCUT2D eigenvalue weighted by molar-refractivity contribution is 0.304. The van der Waals surface area contributed by atoms with E-state index < -0.39 is 0 Å². The van der Waals surface area contributed by atoms with E-state index >= 15 is 0 Å². The van der Waals surface area contributed by atoms with Crippen LogP contribution >= 0.6 is 0 Å². The van der Waals surface area contributed by atoms with Crippen molar-refractivity contribution in [1.29, 1.82) is 0 Å². The predicted molar refractivity (Wildman–Crippen MR) is 117 cm³/mol. The molecule has 0 N–H and O–H groups in total. The van der Waals surface area contributed by atoms with Crippen molar-refractivity contribution in [1.82, 2.24) is 0 Å². The second kappa shape index (κ2) is 6.21. The Kier molecular flexibility index (Phi) is 3.63. The van der Waals surface area contributed by atoms with Crippen LogP contribution < -0.4 is 0 Å². The molecule has 0 radical (unpaired) electrons. The molecule has 0 bridgehead atoms. The third kappa shape index (κ3) is 2.30. The Bertz CT molecular complexity index is 1090. The van der Waals surface area contributed by atoms with Crippen LogP contribution in [0.25, 0.3) is 6.08 Å². The topological polar surface area (TPSA) is 0 Å². The maximum Gasteiger partial charge on any atom is 0.0242 e. The first-order valence-corrected chi connectivity index (χ1v) is 10.8. The molecule has 0 saturated heterocycles. The molecule has 0 fully saturated rings. The Morgan fingerprint density at radius 1 is 0.714 bits per heavy atom. The highest BCUT2D eigenvalue weighted by Crippen LogP contribution is 2.55. The molecule has 0 heteroatoms. The molecule has 2 atom stereocenters. The summed E-state index contributed by atoms with van der Waals surface area (Å²) in [4.78, 5) is 0. The van der Waals surface area contributed by atoms with Gasteiger partial charge in [-0.2, -0.15) is 0 Å². The quantitative estimate of drug-likeness (QED) is 0.475. The summed E-state index contributed by atoms with van der Waals surface area (Å²) in [5.74, 6) is 0.721. The maximum atomic E-state index is 2.54. The molecular weight excluding hydrogens is 336 g/mol. The summed E-state index contributed by atoms with van der Waals surface area (Å²) in [6.45, 7) is 0. The van der Waals surface area contributed by atoms with Crippen molar-refractivity contribution < 1.29 is 0 Å². The standard InChI is InChI=1S/C28H26/c1-4-12-24-19-28(26-16-21-9-2-3-10-22(21)17-26)25(14-7-13-20(24)8-1)18-23-11-5-6-15-27(23)28/h1-6,8-12,15-16,25H,7,13-14,17-19H2. The minimum atomic E-state index is 0.159. The van der Waals surface area contributed by atoms with Crippen molar-refractivity contribution in [2.75, 3.05) is 0 Å². The predicted octanol–water partition coefficient (Wildman–Crippen LogP) is 6.32. The van der Waals surface area contributed by atoms with Gasteiger partial charge in [-0.25, -0.2) is 0 Å². The molecule has 6 rings (SSSR count). The average molecular weight is 363 g/mol. The Labute approximate surface area is 167 Å². The molecule has 0 aromatic heterocycles. The third-order valence-electron chi connectivity index (χ3n) is 7.59. The molecule has 138 valence electrons. The van der Waals surface area contributed by atoms with Crippen LogP contribution in [-0.2, 0) is 31.1 Å². The molecule has 3 aliphatic rings. The fourth-order valence-electron chi connectivity index (χ4n) is 6.31. The number of allylic oxidation sites excluding steroid dienone is 1. The summed E-state index contributed by atoms with van der Waals surface area (Å²) in [6.07, 6.45) is 9.92. The minimum Gasteiger partial charge on any atom is -0.0620 e. The number of hydrogen-bond acceptors (Lipinski definition) is 0. The van der Waals surface area contributed by atoms with E-state index in [1.165, 1.54) is 36.8 Å². The van der Waals surface area contributed by atoms with Crippen LogP contribution in [0.3, 0.4) is 0 Å². The van der Waals surface area contributed by atoms with E-state index in [0.29, 0.717) is 0 Å². The largest absolute Gasteiger partial charge is 0.0620 e. The second-order valence-corrected chi connectivity index (χ2v) is 8.91. The lowest BCUT2D eigenvalue weighted by atomic mass is 9.62. The van der Waals surface area contributed by atoms with Crippen molar-refractivity contribution in [2.24, 2.45) is 5.92 Å². The molecule has 0 saturated carbocycles. The zero-order valence-electron chi connectivity index (χ0n) is 16.3. The van der Waals surface area contributed by atoms with Gasteiger partial charge in [-0.05, 0) is 77.8 Å². The lowest BCUT2D eigenvalue weighted by Gasteiger charge is -2.41. The summed E-state index contributed by atoms with van der Waals surface area (Å²) < 4.78 is 0. The molecule has 0 aliphatic heterocycles. The first-order chi connectivity index (χ1) is 13.8. The number of rotatable bonds is 1. The van der Waals surface area contributed by atoms with Crippen LogP contribution in [0.2, 0.25) is 0 Å². The Hall–Kier alpha value is -2.60. The van der Waals surface area contributed by atoms with Crippen LogP contribution in [-0.4, -0.2) is 0 Å². The van der Waals surface area contributed by atoms with Gasteiger partial charge in [0.1, 0.15) is 0 Å². The highest BCUT2D eigenvalue weighted by Gasteiger charge is 2.50. The number of benzene rings is 3. The first-order valence-electron chi connectivity index (χ1n) is 10.8. The van der Waals surface area contributed by atoms with Gasteiger partial charge >= 0.3 is 0 Å². The Balaban J connectivity index is 1.58. The third-order valence-corrected chi connectivity index (χ3v) is 7.59. The number of fused-ring (bicyclic) bond motifs is 5. The Morgan fingerprint density at radius 2 is 1.43 bits per heavy atom. The molecule has 3 aromatic carbocycles. The van der Waals surface area contributed by atoms with E-state index in [0.717, 1.165) is 18.8 Å². The highest BCUT2D eigenvalue weighted by atomic mass is 14.5. The van der Waals surface area contributed by atoms with Crippen molar-refractivity contribution in [3.05, 3.63) is 112 Å². The van der Waals surface area contributed by atoms with Gasteiger partial charge < -0.3 is 0 Å². The van der Waals surface area contributed by atoms with E-state index in [4.69, 9.17) is 0 Å². The molecule has 0 spiro atoms. The molecule has 28 heavy (non-hydrogen) atoms. The van der Waals surface area contributed by atoms with E-state index in [1.807, 2.05) is 0 Å². The maximum absolute atomic E-state index is 2.54. The van der Waals surface area contributed by atoms with Crippen LogP contribution in [0.5, 0.6) is 0 Å². The fourth-order valence-corrected chi connectivity index (χ4v) is 6.31. The molecule has 3 aliphatic carbocycles. The van der Waals surface area contributed by atoms with E-state index in [2.05, 4.69) is 78.9 Å². The van der Waals surface area contributed by atoms with E-state index in [1.54, 1.807) is 27.8 Å². The molecule has 0 amide bonds. The molecule has 3 aromatic rings. The van der Waals surface area contributed by atoms with E-state index in [9.17, 15) is 0 Å². The summed E-state index contributed by atoms with van der Waals surface area (Å²) in [5, 5.41) is 0. The number of aryl methyl sites for hydroxylation is 1.